The molecule has 1 saturated heterocycles. The first-order valence-corrected chi connectivity index (χ1v) is 6.27. The van der Waals surface area contributed by atoms with Crippen LogP contribution in [0.2, 0.25) is 0 Å². The normalized spacial score (nSPS) is 26.4. The molecule has 0 aromatic rings. The van der Waals surface area contributed by atoms with Gasteiger partial charge in [-0.1, -0.05) is 20.3 Å². The van der Waals surface area contributed by atoms with Crippen LogP contribution < -0.4 is 5.32 Å². The van der Waals surface area contributed by atoms with Gasteiger partial charge in [0.1, 0.15) is 0 Å². The molecule has 1 fully saturated rings. The molecule has 0 aromatic carbocycles. The highest BCUT2D eigenvalue weighted by Gasteiger charge is 2.25. The van der Waals surface area contributed by atoms with Gasteiger partial charge in [-0.2, -0.15) is 0 Å². The highest BCUT2D eigenvalue weighted by molar-refractivity contribution is 4.84. The number of hydrogen-bond donors (Lipinski definition) is 1. The maximum atomic E-state index is 3.56. The Hall–Kier alpha value is -0.0800. The van der Waals surface area contributed by atoms with E-state index in [-0.39, 0.29) is 0 Å². The number of rotatable bonds is 5. The van der Waals surface area contributed by atoms with Gasteiger partial charge in [0, 0.05) is 12.1 Å². The second-order valence-corrected chi connectivity index (χ2v) is 4.45. The van der Waals surface area contributed by atoms with Crippen molar-refractivity contribution in [2.75, 3.05) is 19.6 Å². The SMILES string of the molecule is CCCN1CCCCC1C(C)NCC. The van der Waals surface area contributed by atoms with Gasteiger partial charge in [-0.05, 0) is 45.8 Å². The molecule has 1 aliphatic rings. The molecule has 0 aromatic heterocycles. The van der Waals surface area contributed by atoms with Crippen molar-refractivity contribution in [3.05, 3.63) is 0 Å². The van der Waals surface area contributed by atoms with Crippen LogP contribution in [0.25, 0.3) is 0 Å². The maximum absolute atomic E-state index is 3.56. The van der Waals surface area contributed by atoms with E-state index in [9.17, 15) is 0 Å². The molecule has 0 amide bonds. The van der Waals surface area contributed by atoms with Gasteiger partial charge in [-0.3, -0.25) is 4.90 Å². The van der Waals surface area contributed by atoms with Crippen LogP contribution in [0.3, 0.4) is 0 Å². The minimum atomic E-state index is 0.659. The van der Waals surface area contributed by atoms with Gasteiger partial charge in [0.2, 0.25) is 0 Å². The molecule has 1 aliphatic heterocycles. The highest BCUT2D eigenvalue weighted by atomic mass is 15.2. The molecule has 2 heteroatoms. The first-order chi connectivity index (χ1) is 6.79. The number of hydrogen-bond acceptors (Lipinski definition) is 2. The topological polar surface area (TPSA) is 15.3 Å². The highest BCUT2D eigenvalue weighted by Crippen LogP contribution is 2.19. The lowest BCUT2D eigenvalue weighted by Crippen LogP contribution is -2.51. The Kier molecular flexibility index (Phi) is 5.49. The van der Waals surface area contributed by atoms with E-state index in [2.05, 4.69) is 31.0 Å². The quantitative estimate of drug-likeness (QED) is 0.729. The van der Waals surface area contributed by atoms with E-state index in [4.69, 9.17) is 0 Å². The third kappa shape index (κ3) is 3.25. The zero-order chi connectivity index (χ0) is 10.4. The molecule has 2 atom stereocenters. The summed E-state index contributed by atoms with van der Waals surface area (Å²) in [5, 5.41) is 3.56. The summed E-state index contributed by atoms with van der Waals surface area (Å²) in [6, 6.07) is 1.44. The summed E-state index contributed by atoms with van der Waals surface area (Å²) in [6.45, 7) is 10.5. The van der Waals surface area contributed by atoms with E-state index < -0.39 is 0 Å². The summed E-state index contributed by atoms with van der Waals surface area (Å²) in [5.41, 5.74) is 0. The zero-order valence-corrected chi connectivity index (χ0v) is 10.1. The maximum Gasteiger partial charge on any atom is 0.0246 e. The molecule has 0 aliphatic carbocycles. The van der Waals surface area contributed by atoms with Crippen LogP contribution in [0.1, 0.15) is 46.5 Å². The third-order valence-electron chi connectivity index (χ3n) is 3.28. The predicted molar refractivity (Wildman–Crippen MR) is 62.6 cm³/mol. The average Bonchev–Trinajstić information content (AvgIpc) is 2.19. The standard InChI is InChI=1S/C12H26N2/c1-4-9-14-10-7-6-8-12(14)11(3)13-5-2/h11-13H,4-10H2,1-3H3. The van der Waals surface area contributed by atoms with Gasteiger partial charge >= 0.3 is 0 Å². The fraction of sp³-hybridized carbons (Fsp3) is 1.00. The van der Waals surface area contributed by atoms with Crippen LogP contribution in [-0.2, 0) is 0 Å². The Balaban J connectivity index is 2.44. The van der Waals surface area contributed by atoms with Gasteiger partial charge in [-0.15, -0.1) is 0 Å². The van der Waals surface area contributed by atoms with Crippen molar-refractivity contribution < 1.29 is 0 Å². The number of piperidine rings is 1. The third-order valence-corrected chi connectivity index (χ3v) is 3.28. The molecular weight excluding hydrogens is 172 g/mol. The van der Waals surface area contributed by atoms with Crippen LogP contribution in [0, 0.1) is 0 Å². The summed E-state index contributed by atoms with van der Waals surface area (Å²) in [4.78, 5) is 2.68. The van der Waals surface area contributed by atoms with Gasteiger partial charge < -0.3 is 5.32 Å². The van der Waals surface area contributed by atoms with Crippen molar-refractivity contribution in [2.45, 2.75) is 58.5 Å². The largest absolute Gasteiger partial charge is 0.313 e. The van der Waals surface area contributed by atoms with Crippen LogP contribution in [-0.4, -0.2) is 36.6 Å². The van der Waals surface area contributed by atoms with Crippen LogP contribution in [0.15, 0.2) is 0 Å². The first-order valence-electron chi connectivity index (χ1n) is 6.27. The van der Waals surface area contributed by atoms with Gasteiger partial charge in [0.05, 0.1) is 0 Å². The molecule has 0 bridgehead atoms. The Morgan fingerprint density at radius 3 is 2.79 bits per heavy atom. The molecule has 1 rings (SSSR count). The average molecular weight is 198 g/mol. The fourth-order valence-corrected chi connectivity index (χ4v) is 2.61. The Bertz CT molecular complexity index is 145. The molecule has 0 radical (unpaired) electrons. The zero-order valence-electron chi connectivity index (χ0n) is 10.1. The minimum absolute atomic E-state index is 0.659. The molecule has 0 saturated carbocycles. The molecule has 1 heterocycles. The van der Waals surface area contributed by atoms with Crippen molar-refractivity contribution >= 4 is 0 Å². The van der Waals surface area contributed by atoms with E-state index in [0.29, 0.717) is 6.04 Å². The fourth-order valence-electron chi connectivity index (χ4n) is 2.61. The lowest BCUT2D eigenvalue weighted by molar-refractivity contribution is 0.120. The monoisotopic (exact) mass is 198 g/mol. The summed E-state index contributed by atoms with van der Waals surface area (Å²) >= 11 is 0. The molecule has 14 heavy (non-hydrogen) atoms. The Labute approximate surface area is 89.1 Å². The Morgan fingerprint density at radius 2 is 2.14 bits per heavy atom. The second kappa shape index (κ2) is 6.41. The van der Waals surface area contributed by atoms with Crippen molar-refractivity contribution in [3.63, 3.8) is 0 Å². The van der Waals surface area contributed by atoms with Crippen molar-refractivity contribution in [1.82, 2.24) is 10.2 Å². The predicted octanol–water partition coefficient (Wildman–Crippen LogP) is 2.25. The van der Waals surface area contributed by atoms with Gasteiger partial charge in [-0.25, -0.2) is 0 Å². The summed E-state index contributed by atoms with van der Waals surface area (Å²) in [5.74, 6) is 0. The van der Waals surface area contributed by atoms with Crippen molar-refractivity contribution in [3.8, 4) is 0 Å². The number of nitrogens with one attached hydrogen (secondary N) is 1. The molecule has 2 unspecified atom stereocenters. The Morgan fingerprint density at radius 1 is 1.36 bits per heavy atom. The summed E-state index contributed by atoms with van der Waals surface area (Å²) < 4.78 is 0. The van der Waals surface area contributed by atoms with E-state index in [1.54, 1.807) is 0 Å². The minimum Gasteiger partial charge on any atom is -0.313 e. The van der Waals surface area contributed by atoms with Crippen LogP contribution >= 0.6 is 0 Å². The first kappa shape index (κ1) is 12.0. The summed E-state index contributed by atoms with van der Waals surface area (Å²) in [7, 11) is 0. The number of nitrogens with zero attached hydrogens (tertiary/aromatic N) is 1. The van der Waals surface area contributed by atoms with E-state index in [0.717, 1.165) is 12.6 Å². The number of likely N-dealkylation sites (tertiary alicyclic amines) is 1. The van der Waals surface area contributed by atoms with Crippen molar-refractivity contribution in [1.29, 1.82) is 0 Å². The van der Waals surface area contributed by atoms with E-state index in [1.165, 1.54) is 38.8 Å². The number of likely N-dealkylation sites (N-methyl/N-ethyl adjacent to an activating group) is 1. The van der Waals surface area contributed by atoms with E-state index >= 15 is 0 Å². The molecule has 2 nitrogen and oxygen atoms in total. The van der Waals surface area contributed by atoms with Gasteiger partial charge in [0.15, 0.2) is 0 Å². The van der Waals surface area contributed by atoms with Crippen LogP contribution in [0.5, 0.6) is 0 Å². The van der Waals surface area contributed by atoms with Gasteiger partial charge in [0.25, 0.3) is 0 Å². The second-order valence-electron chi connectivity index (χ2n) is 4.45. The smallest absolute Gasteiger partial charge is 0.0246 e. The molecule has 84 valence electrons. The molecule has 0 spiro atoms. The molecule has 1 N–H and O–H groups in total. The molecular formula is C12H26N2. The lowest BCUT2D eigenvalue weighted by Gasteiger charge is -2.39. The van der Waals surface area contributed by atoms with Crippen LogP contribution in [0.4, 0.5) is 0 Å². The van der Waals surface area contributed by atoms with Crippen molar-refractivity contribution in [2.24, 2.45) is 0 Å². The van der Waals surface area contributed by atoms with E-state index in [1.807, 2.05) is 0 Å². The summed E-state index contributed by atoms with van der Waals surface area (Å²) in [6.07, 6.45) is 5.49. The lowest BCUT2D eigenvalue weighted by atomic mass is 9.96.